The second-order valence-electron chi connectivity index (χ2n) is 6.38. The van der Waals surface area contributed by atoms with Crippen LogP contribution in [0.5, 0.6) is 0 Å². The van der Waals surface area contributed by atoms with E-state index in [0.29, 0.717) is 23.2 Å². The molecule has 2 aromatic rings. The zero-order valence-electron chi connectivity index (χ0n) is 15.3. The molecule has 5 nitrogen and oxygen atoms in total. The number of nitrogens with zero attached hydrogens (tertiary/aromatic N) is 1. The molecule has 138 valence electrons. The van der Waals surface area contributed by atoms with E-state index in [1.807, 2.05) is 31.2 Å². The van der Waals surface area contributed by atoms with Crippen LogP contribution in [0.25, 0.3) is 0 Å². The minimum Gasteiger partial charge on any atom is -0.370 e. The number of hydrogen-bond acceptors (Lipinski definition) is 2. The van der Waals surface area contributed by atoms with Gasteiger partial charge in [-0.1, -0.05) is 43.6 Å². The van der Waals surface area contributed by atoms with Crippen LogP contribution >= 0.6 is 11.6 Å². The second kappa shape index (κ2) is 9.25. The summed E-state index contributed by atoms with van der Waals surface area (Å²) in [6.45, 7) is 6.44. The Kier molecular flexibility index (Phi) is 7.04. The van der Waals surface area contributed by atoms with Crippen LogP contribution in [-0.4, -0.2) is 18.4 Å². The van der Waals surface area contributed by atoms with Crippen LogP contribution in [0.2, 0.25) is 5.02 Å². The van der Waals surface area contributed by atoms with E-state index >= 15 is 0 Å². The fraction of sp³-hybridized carbons (Fsp3) is 0.300. The highest BCUT2D eigenvalue weighted by Gasteiger charge is 2.07. The van der Waals surface area contributed by atoms with Gasteiger partial charge >= 0.3 is 0 Å². The summed E-state index contributed by atoms with van der Waals surface area (Å²) >= 11 is 6.05. The Hall–Kier alpha value is -2.53. The zero-order chi connectivity index (χ0) is 19.1. The van der Waals surface area contributed by atoms with Crippen molar-refractivity contribution < 1.29 is 4.79 Å². The molecule has 26 heavy (non-hydrogen) atoms. The lowest BCUT2D eigenvalue weighted by Gasteiger charge is -2.10. The van der Waals surface area contributed by atoms with E-state index in [2.05, 4.69) is 35.5 Å². The average molecular weight is 373 g/mol. The van der Waals surface area contributed by atoms with E-state index in [1.165, 1.54) is 5.56 Å². The zero-order valence-corrected chi connectivity index (χ0v) is 16.1. The fourth-order valence-electron chi connectivity index (χ4n) is 2.40. The molecule has 6 heteroatoms. The molecule has 0 unspecified atom stereocenters. The highest BCUT2D eigenvalue weighted by Crippen LogP contribution is 2.23. The van der Waals surface area contributed by atoms with E-state index in [1.54, 1.807) is 12.1 Å². The lowest BCUT2D eigenvalue weighted by molar-refractivity contribution is -0.116. The fourth-order valence-corrected chi connectivity index (χ4v) is 2.57. The molecule has 0 aliphatic rings. The van der Waals surface area contributed by atoms with Gasteiger partial charge in [0.15, 0.2) is 5.96 Å². The van der Waals surface area contributed by atoms with Crippen molar-refractivity contribution in [3.63, 3.8) is 0 Å². The van der Waals surface area contributed by atoms with Crippen LogP contribution < -0.4 is 16.4 Å². The van der Waals surface area contributed by atoms with Gasteiger partial charge in [-0.25, -0.2) is 0 Å². The van der Waals surface area contributed by atoms with Crippen molar-refractivity contribution in [2.75, 3.05) is 17.2 Å². The molecule has 0 fully saturated rings. The molecule has 0 aromatic heterocycles. The molecule has 0 radical (unpaired) electrons. The van der Waals surface area contributed by atoms with Gasteiger partial charge in [0.25, 0.3) is 0 Å². The van der Waals surface area contributed by atoms with E-state index in [9.17, 15) is 4.79 Å². The van der Waals surface area contributed by atoms with Crippen molar-refractivity contribution in [2.45, 2.75) is 33.1 Å². The van der Waals surface area contributed by atoms with Crippen molar-refractivity contribution in [1.29, 1.82) is 0 Å². The maximum atomic E-state index is 12.1. The van der Waals surface area contributed by atoms with Gasteiger partial charge in [-0.3, -0.25) is 9.79 Å². The number of carbonyl (C=O) groups excluding carboxylic acids is 1. The highest BCUT2D eigenvalue weighted by molar-refractivity contribution is 6.31. The number of hydrogen-bond donors (Lipinski definition) is 3. The molecule has 0 saturated heterocycles. The van der Waals surface area contributed by atoms with Crippen LogP contribution in [0.1, 0.15) is 37.3 Å². The minimum absolute atomic E-state index is 0.131. The maximum Gasteiger partial charge on any atom is 0.226 e. The Morgan fingerprint density at radius 2 is 1.92 bits per heavy atom. The normalized spacial score (nSPS) is 11.5. The number of guanidine groups is 1. The summed E-state index contributed by atoms with van der Waals surface area (Å²) in [5.41, 5.74) is 9.57. The topological polar surface area (TPSA) is 79.5 Å². The minimum atomic E-state index is -0.131. The number of anilines is 2. The maximum absolute atomic E-state index is 12.1. The number of nitrogens with one attached hydrogen (secondary N) is 2. The number of rotatable bonds is 6. The number of nitrogens with two attached hydrogens (primary N) is 1. The standard InChI is InChI=1S/C20H25ClN4O/c1-13(2)15-6-4-7-16(12-15)24-20(22)23-11-10-19(26)25-18-9-5-8-17(21)14(18)3/h4-9,12-13H,10-11H2,1-3H3,(H,25,26)(H3,22,23,24). The summed E-state index contributed by atoms with van der Waals surface area (Å²) in [4.78, 5) is 16.3. The third-order valence-corrected chi connectivity index (χ3v) is 4.40. The molecule has 1 amide bonds. The van der Waals surface area contributed by atoms with Gasteiger partial charge in [0.05, 0.1) is 6.54 Å². The van der Waals surface area contributed by atoms with E-state index in [-0.39, 0.29) is 18.3 Å². The summed E-state index contributed by atoms with van der Waals surface area (Å²) in [7, 11) is 0. The van der Waals surface area contributed by atoms with Gasteiger partial charge < -0.3 is 16.4 Å². The van der Waals surface area contributed by atoms with Crippen LogP contribution in [-0.2, 0) is 4.79 Å². The summed E-state index contributed by atoms with van der Waals surface area (Å²) in [6, 6.07) is 13.4. The molecule has 0 aliphatic heterocycles. The molecule has 0 heterocycles. The van der Waals surface area contributed by atoms with Gasteiger partial charge in [0.2, 0.25) is 5.91 Å². The van der Waals surface area contributed by atoms with Crippen molar-refractivity contribution in [1.82, 2.24) is 0 Å². The van der Waals surface area contributed by atoms with Gasteiger partial charge in [0, 0.05) is 22.8 Å². The molecule has 0 aliphatic carbocycles. The monoisotopic (exact) mass is 372 g/mol. The molecule has 0 bridgehead atoms. The van der Waals surface area contributed by atoms with E-state index in [4.69, 9.17) is 17.3 Å². The van der Waals surface area contributed by atoms with Crippen molar-refractivity contribution in [2.24, 2.45) is 10.7 Å². The molecule has 0 atom stereocenters. The Bertz CT molecular complexity index is 802. The Labute approximate surface area is 159 Å². The van der Waals surface area contributed by atoms with Crippen molar-refractivity contribution >= 4 is 34.8 Å². The summed E-state index contributed by atoms with van der Waals surface area (Å²) in [6.07, 6.45) is 0.236. The molecular formula is C20H25ClN4O. The highest BCUT2D eigenvalue weighted by atomic mass is 35.5. The Balaban J connectivity index is 1.86. The number of aliphatic imine (C=N–C) groups is 1. The lowest BCUT2D eigenvalue weighted by Crippen LogP contribution is -2.23. The SMILES string of the molecule is Cc1c(Cl)cccc1NC(=O)CCN=C(N)Nc1cccc(C(C)C)c1. The third-order valence-electron chi connectivity index (χ3n) is 3.99. The first-order valence-corrected chi connectivity index (χ1v) is 8.96. The quantitative estimate of drug-likeness (QED) is 0.515. The summed E-state index contributed by atoms with van der Waals surface area (Å²) < 4.78 is 0. The molecule has 0 spiro atoms. The Morgan fingerprint density at radius 3 is 2.65 bits per heavy atom. The van der Waals surface area contributed by atoms with Gasteiger partial charge in [0.1, 0.15) is 0 Å². The summed E-state index contributed by atoms with van der Waals surface area (Å²) in [5, 5.41) is 6.52. The van der Waals surface area contributed by atoms with Crippen LogP contribution in [0.15, 0.2) is 47.5 Å². The molecular weight excluding hydrogens is 348 g/mol. The first-order chi connectivity index (χ1) is 12.4. The van der Waals surface area contributed by atoms with E-state index < -0.39 is 0 Å². The third kappa shape index (κ3) is 5.77. The molecule has 0 saturated carbocycles. The van der Waals surface area contributed by atoms with Crippen LogP contribution in [0, 0.1) is 6.92 Å². The number of amides is 1. The molecule has 2 aromatic carbocycles. The average Bonchev–Trinajstić information content (AvgIpc) is 2.59. The van der Waals surface area contributed by atoms with Crippen LogP contribution in [0.3, 0.4) is 0 Å². The lowest BCUT2D eigenvalue weighted by atomic mass is 10.0. The van der Waals surface area contributed by atoms with Gasteiger partial charge in [-0.15, -0.1) is 0 Å². The molecule has 2 rings (SSSR count). The predicted octanol–water partition coefficient (Wildman–Crippen LogP) is 4.53. The first-order valence-electron chi connectivity index (χ1n) is 8.58. The number of halogens is 1. The number of carbonyl (C=O) groups is 1. The van der Waals surface area contributed by atoms with E-state index in [0.717, 1.165) is 11.3 Å². The Morgan fingerprint density at radius 1 is 1.19 bits per heavy atom. The van der Waals surface area contributed by atoms with Crippen LogP contribution in [0.4, 0.5) is 11.4 Å². The predicted molar refractivity (Wildman–Crippen MR) is 110 cm³/mol. The molecule has 4 N–H and O–H groups in total. The van der Waals surface area contributed by atoms with Gasteiger partial charge in [-0.05, 0) is 48.2 Å². The van der Waals surface area contributed by atoms with Gasteiger partial charge in [-0.2, -0.15) is 0 Å². The number of benzene rings is 2. The second-order valence-corrected chi connectivity index (χ2v) is 6.79. The van der Waals surface area contributed by atoms with Crippen molar-refractivity contribution in [3.05, 3.63) is 58.6 Å². The largest absolute Gasteiger partial charge is 0.370 e. The first kappa shape index (κ1) is 19.8. The summed E-state index contributed by atoms with van der Waals surface area (Å²) in [5.74, 6) is 0.597. The smallest absolute Gasteiger partial charge is 0.226 e. The van der Waals surface area contributed by atoms with Crippen molar-refractivity contribution in [3.8, 4) is 0 Å².